The lowest BCUT2D eigenvalue weighted by Crippen LogP contribution is -2.03. The summed E-state index contributed by atoms with van der Waals surface area (Å²) in [5.74, 6) is -5.98. The zero-order valence-corrected chi connectivity index (χ0v) is 25.3. The molecule has 0 aliphatic heterocycles. The van der Waals surface area contributed by atoms with Gasteiger partial charge in [-0.15, -0.1) is 5.10 Å². The molecule has 0 aliphatic carbocycles. The Kier molecular flexibility index (Phi) is 10.8. The van der Waals surface area contributed by atoms with Gasteiger partial charge in [-0.3, -0.25) is 0 Å². The molecule has 0 fully saturated rings. The number of nitrogens with zero attached hydrogens (tertiary/aromatic N) is 4. The molecule has 0 N–H and O–H groups in total. The lowest BCUT2D eigenvalue weighted by atomic mass is 9.92. The van der Waals surface area contributed by atoms with Gasteiger partial charge < -0.3 is 0 Å². The summed E-state index contributed by atoms with van der Waals surface area (Å²) in [4.78, 5) is 0. The Morgan fingerprint density at radius 2 is 0.745 bits per heavy atom. The van der Waals surface area contributed by atoms with Crippen LogP contribution in [0, 0.1) is 55.7 Å². The van der Waals surface area contributed by atoms with Crippen LogP contribution in [0.3, 0.4) is 0 Å². The Morgan fingerprint density at radius 1 is 0.426 bits per heavy atom. The van der Waals surface area contributed by atoms with Crippen molar-refractivity contribution >= 4 is 11.6 Å². The standard InChI is InChI=1S/C18H13F3N2.C17H10ClF3N2.CH4/c1-10-16(12-6-4-3-5-7-12)17(11(2)23-22-10)18-14(20)8-13(19)9-15(18)21;1-9-14(10-5-3-2-4-6-10)16(17(18)23-22-9)15-12(20)7-11(19)8-13(15)21;/h3-9H,1-2H3;2-8H,1H3;1H4. The van der Waals surface area contributed by atoms with E-state index in [4.69, 9.17) is 11.6 Å². The van der Waals surface area contributed by atoms with Gasteiger partial charge in [-0.1, -0.05) is 79.7 Å². The zero-order valence-electron chi connectivity index (χ0n) is 24.5. The third-order valence-electron chi connectivity index (χ3n) is 7.07. The fourth-order valence-electron chi connectivity index (χ4n) is 5.13. The lowest BCUT2D eigenvalue weighted by Gasteiger charge is -2.15. The molecule has 0 saturated carbocycles. The molecule has 0 atom stereocenters. The highest BCUT2D eigenvalue weighted by atomic mass is 35.5. The maximum atomic E-state index is 14.3. The maximum absolute atomic E-state index is 14.3. The highest BCUT2D eigenvalue weighted by Crippen LogP contribution is 2.41. The Labute approximate surface area is 272 Å². The van der Waals surface area contributed by atoms with E-state index < -0.39 is 40.5 Å². The van der Waals surface area contributed by atoms with Gasteiger partial charge in [0.25, 0.3) is 0 Å². The van der Waals surface area contributed by atoms with Crippen molar-refractivity contribution < 1.29 is 26.3 Å². The topological polar surface area (TPSA) is 51.6 Å². The molecule has 0 aliphatic rings. The van der Waals surface area contributed by atoms with Gasteiger partial charge in [-0.05, 0) is 31.9 Å². The number of hydrogen-bond donors (Lipinski definition) is 0. The molecule has 0 amide bonds. The third-order valence-corrected chi connectivity index (χ3v) is 7.33. The Balaban J connectivity index is 0.000000208. The molecule has 2 heterocycles. The molecular weight excluding hydrogens is 638 g/mol. The highest BCUT2D eigenvalue weighted by molar-refractivity contribution is 6.32. The van der Waals surface area contributed by atoms with E-state index in [2.05, 4.69) is 20.4 Å². The number of halogens is 7. The van der Waals surface area contributed by atoms with E-state index in [1.54, 1.807) is 45.0 Å². The molecule has 0 bridgehead atoms. The van der Waals surface area contributed by atoms with Crippen molar-refractivity contribution in [3.63, 3.8) is 0 Å². The first kappa shape index (κ1) is 34.8. The van der Waals surface area contributed by atoms with E-state index in [-0.39, 0.29) is 23.7 Å². The van der Waals surface area contributed by atoms with Gasteiger partial charge in [0.05, 0.1) is 28.2 Å². The summed E-state index contributed by atoms with van der Waals surface area (Å²) in [7, 11) is 0. The van der Waals surface area contributed by atoms with Crippen LogP contribution < -0.4 is 0 Å². The molecule has 240 valence electrons. The van der Waals surface area contributed by atoms with Crippen LogP contribution >= 0.6 is 11.6 Å². The summed E-state index contributed by atoms with van der Waals surface area (Å²) in [5.41, 5.74) is 3.49. The predicted octanol–water partition coefficient (Wildman–Crippen LogP) is 10.7. The van der Waals surface area contributed by atoms with Gasteiger partial charge in [0, 0.05) is 46.5 Å². The van der Waals surface area contributed by atoms with Gasteiger partial charge in [-0.25, -0.2) is 26.3 Å². The van der Waals surface area contributed by atoms with Gasteiger partial charge in [-0.2, -0.15) is 15.3 Å². The van der Waals surface area contributed by atoms with Crippen LogP contribution in [0.1, 0.15) is 24.5 Å². The fraction of sp³-hybridized carbons (Fsp3) is 0.111. The molecule has 0 unspecified atom stereocenters. The molecule has 6 rings (SSSR count). The minimum atomic E-state index is -1.05. The Morgan fingerprint density at radius 3 is 1.15 bits per heavy atom. The van der Waals surface area contributed by atoms with Crippen LogP contribution in [-0.2, 0) is 0 Å². The molecule has 4 aromatic carbocycles. The molecule has 2 aromatic heterocycles. The summed E-state index contributed by atoms with van der Waals surface area (Å²) in [6.45, 7) is 5.00. The molecule has 0 spiro atoms. The van der Waals surface area contributed by atoms with Gasteiger partial charge >= 0.3 is 0 Å². The quantitative estimate of drug-likeness (QED) is 0.176. The largest absolute Gasteiger partial charge is 0.207 e. The second-order valence-corrected chi connectivity index (χ2v) is 10.5. The van der Waals surface area contributed by atoms with E-state index in [0.717, 1.165) is 5.56 Å². The van der Waals surface area contributed by atoms with Gasteiger partial charge in [0.15, 0.2) is 5.15 Å². The second-order valence-electron chi connectivity index (χ2n) is 10.2. The number of aryl methyl sites for hydroxylation is 3. The van der Waals surface area contributed by atoms with Crippen LogP contribution in [0.4, 0.5) is 26.3 Å². The van der Waals surface area contributed by atoms with Crippen molar-refractivity contribution in [3.8, 4) is 44.5 Å². The van der Waals surface area contributed by atoms with Crippen LogP contribution in [0.15, 0.2) is 84.9 Å². The molecule has 11 heteroatoms. The Bertz CT molecular complexity index is 1860. The van der Waals surface area contributed by atoms with E-state index in [1.165, 1.54) is 0 Å². The van der Waals surface area contributed by atoms with Gasteiger partial charge in [0.2, 0.25) is 0 Å². The molecule has 47 heavy (non-hydrogen) atoms. The predicted molar refractivity (Wildman–Crippen MR) is 172 cm³/mol. The first-order chi connectivity index (χ1) is 22.0. The summed E-state index contributed by atoms with van der Waals surface area (Å²) in [6.07, 6.45) is 0. The van der Waals surface area contributed by atoms with Crippen LogP contribution in [0.5, 0.6) is 0 Å². The summed E-state index contributed by atoms with van der Waals surface area (Å²) in [6, 6.07) is 20.6. The molecule has 0 saturated heterocycles. The van der Waals surface area contributed by atoms with Crippen molar-refractivity contribution in [2.75, 3.05) is 0 Å². The smallest absolute Gasteiger partial charge is 0.160 e. The van der Waals surface area contributed by atoms with E-state index >= 15 is 0 Å². The average Bonchev–Trinajstić information content (AvgIpc) is 3.01. The SMILES string of the molecule is C.Cc1nnc(C)c(-c2c(F)cc(F)cc2F)c1-c1ccccc1.Cc1nnc(Cl)c(-c2c(F)cc(F)cc2F)c1-c1ccccc1. The maximum Gasteiger partial charge on any atom is 0.160 e. The summed E-state index contributed by atoms with van der Waals surface area (Å²) < 4.78 is 83.4. The average molecular weight is 665 g/mol. The van der Waals surface area contributed by atoms with Crippen LogP contribution in [-0.4, -0.2) is 20.4 Å². The monoisotopic (exact) mass is 664 g/mol. The summed E-state index contributed by atoms with van der Waals surface area (Å²) >= 11 is 6.07. The molecule has 4 nitrogen and oxygen atoms in total. The molecule has 0 radical (unpaired) electrons. The van der Waals surface area contributed by atoms with Crippen molar-refractivity contribution in [2.45, 2.75) is 28.2 Å². The fourth-order valence-corrected chi connectivity index (χ4v) is 5.35. The highest BCUT2D eigenvalue weighted by Gasteiger charge is 2.24. The van der Waals surface area contributed by atoms with Crippen molar-refractivity contribution in [1.29, 1.82) is 0 Å². The van der Waals surface area contributed by atoms with Crippen molar-refractivity contribution in [2.24, 2.45) is 0 Å². The molecular formula is C36H27ClF6N4. The van der Waals surface area contributed by atoms with Crippen molar-refractivity contribution in [3.05, 3.63) is 142 Å². The first-order valence-corrected chi connectivity index (χ1v) is 14.1. The minimum Gasteiger partial charge on any atom is -0.207 e. The lowest BCUT2D eigenvalue weighted by molar-refractivity contribution is 0.546. The first-order valence-electron chi connectivity index (χ1n) is 13.7. The normalized spacial score (nSPS) is 10.6. The number of rotatable bonds is 4. The van der Waals surface area contributed by atoms with E-state index in [0.29, 0.717) is 63.6 Å². The van der Waals surface area contributed by atoms with Crippen LogP contribution in [0.2, 0.25) is 5.15 Å². The van der Waals surface area contributed by atoms with E-state index in [9.17, 15) is 26.3 Å². The third kappa shape index (κ3) is 7.18. The second kappa shape index (κ2) is 14.6. The van der Waals surface area contributed by atoms with E-state index in [1.807, 2.05) is 36.4 Å². The Hall–Kier alpha value is -5.09. The van der Waals surface area contributed by atoms with Crippen molar-refractivity contribution in [1.82, 2.24) is 20.4 Å². The number of benzene rings is 4. The molecule has 6 aromatic rings. The summed E-state index contributed by atoms with van der Waals surface area (Å²) in [5, 5.41) is 15.5. The zero-order chi connectivity index (χ0) is 33.1. The number of hydrogen-bond acceptors (Lipinski definition) is 4. The van der Waals surface area contributed by atoms with Crippen LogP contribution in [0.25, 0.3) is 44.5 Å². The minimum absolute atomic E-state index is 0. The number of aromatic nitrogens is 4. The van der Waals surface area contributed by atoms with Gasteiger partial charge in [0.1, 0.15) is 34.9 Å².